The van der Waals surface area contributed by atoms with Crippen LogP contribution in [0.15, 0.2) is 53.1 Å². The highest BCUT2D eigenvalue weighted by molar-refractivity contribution is 6.30. The molecule has 3 rings (SSSR count). The van der Waals surface area contributed by atoms with Crippen LogP contribution in [0.2, 0.25) is 5.02 Å². The Hall–Kier alpha value is -3.46. The summed E-state index contributed by atoms with van der Waals surface area (Å²) < 4.78 is 23.1. The van der Waals surface area contributed by atoms with Gasteiger partial charge in [0.2, 0.25) is 5.89 Å². The Morgan fingerprint density at radius 2 is 1.87 bits per heavy atom. The molecule has 0 saturated heterocycles. The number of aromatic nitrogens is 2. The standard InChI is InChI=1S/C21H20ClFN4O4/c1-2-30-19(28)12-18-26-20(27-31-18)17(11-13-3-5-14(22)6-4-13)25-21(29)24-16-9-7-15(23)8-10-16/h3-10,17H,2,11-12H2,1H3,(H2,24,25,29)/t17-/m0/s1. The van der Waals surface area contributed by atoms with Crippen molar-refractivity contribution in [1.29, 1.82) is 0 Å². The molecule has 0 radical (unpaired) electrons. The van der Waals surface area contributed by atoms with Crippen molar-refractivity contribution >= 4 is 29.3 Å². The average molecular weight is 447 g/mol. The summed E-state index contributed by atoms with van der Waals surface area (Å²) in [6.45, 7) is 1.94. The fourth-order valence-electron chi connectivity index (χ4n) is 2.74. The van der Waals surface area contributed by atoms with Gasteiger partial charge in [0, 0.05) is 17.1 Å². The highest BCUT2D eigenvalue weighted by Crippen LogP contribution is 2.19. The van der Waals surface area contributed by atoms with Crippen LogP contribution in [0.25, 0.3) is 0 Å². The lowest BCUT2D eigenvalue weighted by Crippen LogP contribution is -2.34. The molecule has 0 aliphatic carbocycles. The Bertz CT molecular complexity index is 1020. The number of hydrogen-bond donors (Lipinski definition) is 2. The lowest BCUT2D eigenvalue weighted by atomic mass is 10.1. The van der Waals surface area contributed by atoms with Crippen molar-refractivity contribution in [3.63, 3.8) is 0 Å². The lowest BCUT2D eigenvalue weighted by molar-refractivity contribution is -0.142. The fraction of sp³-hybridized carbons (Fsp3) is 0.238. The molecule has 1 heterocycles. The van der Waals surface area contributed by atoms with E-state index in [0.29, 0.717) is 17.1 Å². The van der Waals surface area contributed by atoms with E-state index in [2.05, 4.69) is 20.8 Å². The van der Waals surface area contributed by atoms with Crippen molar-refractivity contribution in [3.8, 4) is 0 Å². The number of carbonyl (C=O) groups excluding carboxylic acids is 2. The SMILES string of the molecule is CCOC(=O)Cc1nc([C@H](Cc2ccc(Cl)cc2)NC(=O)Nc2ccc(F)cc2)no1. The highest BCUT2D eigenvalue weighted by Gasteiger charge is 2.22. The molecule has 0 aliphatic rings. The third kappa shape index (κ3) is 6.78. The maximum Gasteiger partial charge on any atom is 0.319 e. The van der Waals surface area contributed by atoms with E-state index >= 15 is 0 Å². The minimum absolute atomic E-state index is 0.0790. The normalized spacial score (nSPS) is 11.6. The zero-order chi connectivity index (χ0) is 22.2. The fourth-order valence-corrected chi connectivity index (χ4v) is 2.86. The molecule has 0 aliphatic heterocycles. The van der Waals surface area contributed by atoms with Gasteiger partial charge in [0.1, 0.15) is 12.2 Å². The third-order valence-electron chi connectivity index (χ3n) is 4.16. The van der Waals surface area contributed by atoms with Gasteiger partial charge in [-0.1, -0.05) is 28.9 Å². The number of hydrogen-bond acceptors (Lipinski definition) is 6. The molecule has 0 saturated carbocycles. The predicted molar refractivity (Wildman–Crippen MR) is 111 cm³/mol. The molecule has 2 amide bonds. The maximum atomic E-state index is 13.1. The van der Waals surface area contributed by atoms with Gasteiger partial charge in [0.05, 0.1) is 12.6 Å². The van der Waals surface area contributed by atoms with Crippen molar-refractivity contribution in [2.75, 3.05) is 11.9 Å². The molecular weight excluding hydrogens is 427 g/mol. The summed E-state index contributed by atoms with van der Waals surface area (Å²) in [5, 5.41) is 9.88. The van der Waals surface area contributed by atoms with E-state index in [-0.39, 0.29) is 24.7 Å². The zero-order valence-corrected chi connectivity index (χ0v) is 17.4. The first-order chi connectivity index (χ1) is 14.9. The number of halogens is 2. The van der Waals surface area contributed by atoms with E-state index in [9.17, 15) is 14.0 Å². The lowest BCUT2D eigenvalue weighted by Gasteiger charge is -2.16. The van der Waals surface area contributed by atoms with Gasteiger partial charge in [-0.05, 0) is 48.9 Å². The molecule has 0 spiro atoms. The largest absolute Gasteiger partial charge is 0.466 e. The van der Waals surface area contributed by atoms with Crippen LogP contribution in [0.4, 0.5) is 14.9 Å². The Labute approximate surface area is 182 Å². The van der Waals surface area contributed by atoms with E-state index in [4.69, 9.17) is 20.9 Å². The second-order valence-corrected chi connectivity index (χ2v) is 6.95. The maximum absolute atomic E-state index is 13.1. The van der Waals surface area contributed by atoms with Crippen LogP contribution in [0.3, 0.4) is 0 Å². The topological polar surface area (TPSA) is 106 Å². The summed E-state index contributed by atoms with van der Waals surface area (Å²) in [4.78, 5) is 28.4. The van der Waals surface area contributed by atoms with Crippen LogP contribution in [0.5, 0.6) is 0 Å². The van der Waals surface area contributed by atoms with E-state index in [1.54, 1.807) is 19.1 Å². The molecule has 10 heteroatoms. The minimum atomic E-state index is -0.665. The van der Waals surface area contributed by atoms with Gasteiger partial charge in [0.15, 0.2) is 5.82 Å². The Kier molecular flexibility index (Phi) is 7.55. The van der Waals surface area contributed by atoms with Crippen LogP contribution in [0.1, 0.15) is 30.2 Å². The molecule has 0 fully saturated rings. The Morgan fingerprint density at radius 1 is 1.16 bits per heavy atom. The molecule has 31 heavy (non-hydrogen) atoms. The third-order valence-corrected chi connectivity index (χ3v) is 4.41. The second kappa shape index (κ2) is 10.5. The number of esters is 1. The van der Waals surface area contributed by atoms with Crippen molar-refractivity contribution in [3.05, 3.63) is 76.6 Å². The highest BCUT2D eigenvalue weighted by atomic mass is 35.5. The van der Waals surface area contributed by atoms with E-state index in [0.717, 1.165) is 5.56 Å². The smallest absolute Gasteiger partial charge is 0.319 e. The van der Waals surface area contributed by atoms with Crippen molar-refractivity contribution < 1.29 is 23.2 Å². The van der Waals surface area contributed by atoms with Crippen LogP contribution in [-0.4, -0.2) is 28.7 Å². The summed E-state index contributed by atoms with van der Waals surface area (Å²) in [5.41, 5.74) is 1.29. The summed E-state index contributed by atoms with van der Waals surface area (Å²) in [6.07, 6.45) is 0.169. The average Bonchev–Trinajstić information content (AvgIpc) is 3.19. The number of nitrogens with zero attached hydrogens (tertiary/aromatic N) is 2. The molecule has 2 aromatic carbocycles. The quantitative estimate of drug-likeness (QED) is 0.505. The number of anilines is 1. The molecule has 1 aromatic heterocycles. The van der Waals surface area contributed by atoms with Crippen molar-refractivity contribution in [2.24, 2.45) is 0 Å². The number of benzene rings is 2. The second-order valence-electron chi connectivity index (χ2n) is 6.52. The first kappa shape index (κ1) is 22.2. The minimum Gasteiger partial charge on any atom is -0.466 e. The van der Waals surface area contributed by atoms with E-state index in [1.165, 1.54) is 24.3 Å². The van der Waals surface area contributed by atoms with Gasteiger partial charge in [-0.15, -0.1) is 0 Å². The predicted octanol–water partition coefficient (Wildman–Crippen LogP) is 4.07. The Morgan fingerprint density at radius 3 is 2.55 bits per heavy atom. The Balaban J connectivity index is 1.75. The molecule has 162 valence electrons. The van der Waals surface area contributed by atoms with Crippen LogP contribution < -0.4 is 10.6 Å². The van der Waals surface area contributed by atoms with Crippen LogP contribution in [0, 0.1) is 5.82 Å². The zero-order valence-electron chi connectivity index (χ0n) is 16.6. The molecule has 8 nitrogen and oxygen atoms in total. The number of carbonyl (C=O) groups is 2. The molecule has 1 atom stereocenters. The van der Waals surface area contributed by atoms with Crippen LogP contribution >= 0.6 is 11.6 Å². The van der Waals surface area contributed by atoms with Crippen molar-refractivity contribution in [2.45, 2.75) is 25.8 Å². The van der Waals surface area contributed by atoms with Gasteiger partial charge >= 0.3 is 12.0 Å². The van der Waals surface area contributed by atoms with E-state index < -0.39 is 23.9 Å². The number of amides is 2. The number of rotatable bonds is 8. The first-order valence-corrected chi connectivity index (χ1v) is 9.86. The summed E-state index contributed by atoms with van der Waals surface area (Å²) in [5.74, 6) is -0.625. The number of nitrogens with one attached hydrogen (secondary N) is 2. The monoisotopic (exact) mass is 446 g/mol. The van der Waals surface area contributed by atoms with E-state index in [1.807, 2.05) is 12.1 Å². The van der Waals surface area contributed by atoms with Gasteiger partial charge in [0.25, 0.3) is 0 Å². The molecule has 0 unspecified atom stereocenters. The van der Waals surface area contributed by atoms with Gasteiger partial charge < -0.3 is 19.9 Å². The van der Waals surface area contributed by atoms with Gasteiger partial charge in [-0.3, -0.25) is 4.79 Å². The summed E-state index contributed by atoms with van der Waals surface area (Å²) in [6, 6.07) is 11.2. The first-order valence-electron chi connectivity index (χ1n) is 9.48. The number of urea groups is 1. The summed E-state index contributed by atoms with van der Waals surface area (Å²) >= 11 is 5.94. The van der Waals surface area contributed by atoms with Crippen molar-refractivity contribution in [1.82, 2.24) is 15.5 Å². The van der Waals surface area contributed by atoms with Gasteiger partial charge in [-0.2, -0.15) is 4.98 Å². The molecule has 2 N–H and O–H groups in total. The summed E-state index contributed by atoms with van der Waals surface area (Å²) in [7, 11) is 0. The molecular formula is C21H20ClFN4O4. The number of ether oxygens (including phenoxy) is 1. The molecule has 0 bridgehead atoms. The van der Waals surface area contributed by atoms with Gasteiger partial charge in [-0.25, -0.2) is 9.18 Å². The molecule has 3 aromatic rings. The van der Waals surface area contributed by atoms with Crippen LogP contribution in [-0.2, 0) is 22.4 Å².